The lowest BCUT2D eigenvalue weighted by atomic mass is 10.0. The second-order valence-electron chi connectivity index (χ2n) is 5.69. The summed E-state index contributed by atoms with van der Waals surface area (Å²) in [5.74, 6) is -0.387. The highest BCUT2D eigenvalue weighted by Gasteiger charge is 2.28. The van der Waals surface area contributed by atoms with Crippen LogP contribution in [-0.4, -0.2) is 33.3 Å². The third kappa shape index (κ3) is 1.89. The zero-order valence-electron chi connectivity index (χ0n) is 11.1. The second-order valence-corrected chi connectivity index (χ2v) is 5.69. The van der Waals surface area contributed by atoms with Crippen LogP contribution in [0.15, 0.2) is 18.5 Å². The highest BCUT2D eigenvalue weighted by molar-refractivity contribution is 5.94. The number of carboxylic acids is 1. The van der Waals surface area contributed by atoms with Gasteiger partial charge in [0, 0.05) is 6.61 Å². The molecule has 2 aromatic rings. The summed E-state index contributed by atoms with van der Waals surface area (Å²) < 4.78 is 7.48. The van der Waals surface area contributed by atoms with Crippen molar-refractivity contribution in [3.05, 3.63) is 29.6 Å². The number of fused-ring (bicyclic) bond motifs is 1. The maximum absolute atomic E-state index is 11.3. The SMILES string of the molecule is O=C(O)c1cc(C2CC2)c2ncn(C[C@@H]3CCO3)c2c1. The Hall–Kier alpha value is -1.88. The Morgan fingerprint density at radius 1 is 1.40 bits per heavy atom. The first-order valence-corrected chi connectivity index (χ1v) is 7.06. The van der Waals surface area contributed by atoms with Gasteiger partial charge in [0.25, 0.3) is 0 Å². The third-order valence-electron chi connectivity index (χ3n) is 4.21. The molecule has 20 heavy (non-hydrogen) atoms. The van der Waals surface area contributed by atoms with Gasteiger partial charge in [0.15, 0.2) is 0 Å². The summed E-state index contributed by atoms with van der Waals surface area (Å²) in [6.07, 6.45) is 5.38. The number of rotatable bonds is 4. The molecule has 104 valence electrons. The topological polar surface area (TPSA) is 64.3 Å². The number of hydrogen-bond acceptors (Lipinski definition) is 3. The minimum Gasteiger partial charge on any atom is -0.478 e. The Morgan fingerprint density at radius 3 is 2.80 bits per heavy atom. The van der Waals surface area contributed by atoms with E-state index in [0.29, 0.717) is 11.5 Å². The molecule has 0 amide bonds. The Kier molecular flexibility index (Phi) is 2.57. The molecule has 1 aliphatic carbocycles. The van der Waals surface area contributed by atoms with E-state index in [9.17, 15) is 9.90 Å². The molecule has 0 spiro atoms. The number of nitrogens with zero attached hydrogens (tertiary/aromatic N) is 2. The van der Waals surface area contributed by atoms with Gasteiger partial charge in [-0.05, 0) is 42.9 Å². The van der Waals surface area contributed by atoms with Gasteiger partial charge < -0.3 is 14.4 Å². The van der Waals surface area contributed by atoms with E-state index < -0.39 is 5.97 Å². The normalized spacial score (nSPS) is 21.9. The molecule has 2 fully saturated rings. The molecule has 5 nitrogen and oxygen atoms in total. The lowest BCUT2D eigenvalue weighted by Crippen LogP contribution is -2.30. The summed E-state index contributed by atoms with van der Waals surface area (Å²) in [5, 5.41) is 9.28. The highest BCUT2D eigenvalue weighted by atomic mass is 16.5. The van der Waals surface area contributed by atoms with Crippen molar-refractivity contribution in [1.29, 1.82) is 0 Å². The van der Waals surface area contributed by atoms with E-state index in [-0.39, 0.29) is 6.10 Å². The number of benzene rings is 1. The first-order chi connectivity index (χ1) is 9.72. The number of carboxylic acid groups (broad SMARTS) is 1. The monoisotopic (exact) mass is 272 g/mol. The minimum atomic E-state index is -0.874. The molecule has 1 atom stereocenters. The summed E-state index contributed by atoms with van der Waals surface area (Å²) in [5.41, 5.74) is 3.32. The zero-order valence-corrected chi connectivity index (χ0v) is 11.1. The molecule has 1 N–H and O–H groups in total. The van der Waals surface area contributed by atoms with E-state index in [0.717, 1.165) is 49.0 Å². The van der Waals surface area contributed by atoms with Gasteiger partial charge in [-0.15, -0.1) is 0 Å². The predicted molar refractivity (Wildman–Crippen MR) is 73.0 cm³/mol. The van der Waals surface area contributed by atoms with Crippen LogP contribution in [0.5, 0.6) is 0 Å². The fourth-order valence-electron chi connectivity index (χ4n) is 2.81. The first-order valence-electron chi connectivity index (χ1n) is 7.06. The van der Waals surface area contributed by atoms with Crippen LogP contribution in [0.3, 0.4) is 0 Å². The Labute approximate surface area is 116 Å². The van der Waals surface area contributed by atoms with E-state index in [1.807, 2.05) is 10.9 Å². The molecule has 1 saturated carbocycles. The van der Waals surface area contributed by atoms with Gasteiger partial charge in [0.2, 0.25) is 0 Å². The quantitative estimate of drug-likeness (QED) is 0.928. The van der Waals surface area contributed by atoms with Crippen LogP contribution in [0.1, 0.15) is 41.1 Å². The van der Waals surface area contributed by atoms with Crippen molar-refractivity contribution in [2.75, 3.05) is 6.61 Å². The molecule has 2 heterocycles. The standard InChI is InChI=1S/C15H16N2O3/c18-15(19)10-5-12(9-1-2-9)14-13(6-10)17(8-16-14)7-11-3-4-20-11/h5-6,8-9,11H,1-4,7H2,(H,18,19)/t11-/m0/s1. The third-order valence-corrected chi connectivity index (χ3v) is 4.21. The van der Waals surface area contributed by atoms with Gasteiger partial charge in [0.1, 0.15) is 0 Å². The molecule has 0 unspecified atom stereocenters. The Bertz CT molecular complexity index is 684. The maximum atomic E-state index is 11.3. The second kappa shape index (κ2) is 4.31. The number of ether oxygens (including phenoxy) is 1. The lowest BCUT2D eigenvalue weighted by Gasteiger charge is -2.26. The minimum absolute atomic E-state index is 0.241. The van der Waals surface area contributed by atoms with Crippen LogP contribution in [0, 0.1) is 0 Å². The van der Waals surface area contributed by atoms with E-state index in [4.69, 9.17) is 4.74 Å². The van der Waals surface area contributed by atoms with Gasteiger partial charge in [-0.2, -0.15) is 0 Å². The van der Waals surface area contributed by atoms with Crippen molar-refractivity contribution in [2.45, 2.75) is 37.8 Å². The molecule has 1 aromatic heterocycles. The molecule has 1 aromatic carbocycles. The van der Waals surface area contributed by atoms with Crippen LogP contribution in [0.2, 0.25) is 0 Å². The number of aromatic nitrogens is 2. The Morgan fingerprint density at radius 2 is 2.20 bits per heavy atom. The van der Waals surface area contributed by atoms with Gasteiger partial charge >= 0.3 is 5.97 Å². The number of carbonyl (C=O) groups is 1. The molecule has 1 saturated heterocycles. The van der Waals surface area contributed by atoms with Crippen molar-refractivity contribution >= 4 is 17.0 Å². The van der Waals surface area contributed by atoms with Gasteiger partial charge in [0.05, 0.1) is 35.6 Å². The molecular weight excluding hydrogens is 256 g/mol. The molecule has 2 aliphatic rings. The van der Waals surface area contributed by atoms with Crippen LogP contribution >= 0.6 is 0 Å². The summed E-state index contributed by atoms with van der Waals surface area (Å²) in [7, 11) is 0. The number of imidazole rings is 1. The average molecular weight is 272 g/mol. The summed E-state index contributed by atoms with van der Waals surface area (Å²) in [4.78, 5) is 15.8. The number of hydrogen-bond donors (Lipinski definition) is 1. The molecule has 1 aliphatic heterocycles. The van der Waals surface area contributed by atoms with E-state index in [2.05, 4.69) is 4.98 Å². The summed E-state index contributed by atoms with van der Waals surface area (Å²) in [6, 6.07) is 3.52. The van der Waals surface area contributed by atoms with Crippen molar-refractivity contribution in [3.8, 4) is 0 Å². The lowest BCUT2D eigenvalue weighted by molar-refractivity contribution is -0.0586. The smallest absolute Gasteiger partial charge is 0.335 e. The van der Waals surface area contributed by atoms with Crippen LogP contribution in [-0.2, 0) is 11.3 Å². The van der Waals surface area contributed by atoms with Crippen molar-refractivity contribution < 1.29 is 14.6 Å². The van der Waals surface area contributed by atoms with E-state index in [1.54, 1.807) is 12.1 Å². The van der Waals surface area contributed by atoms with Crippen molar-refractivity contribution in [1.82, 2.24) is 9.55 Å². The molecule has 5 heteroatoms. The molecule has 0 radical (unpaired) electrons. The predicted octanol–water partition coefficient (Wildman–Crippen LogP) is 2.40. The largest absolute Gasteiger partial charge is 0.478 e. The maximum Gasteiger partial charge on any atom is 0.335 e. The number of aromatic carboxylic acids is 1. The first kappa shape index (κ1) is 11.9. The molecule has 0 bridgehead atoms. The van der Waals surface area contributed by atoms with Crippen LogP contribution < -0.4 is 0 Å². The summed E-state index contributed by atoms with van der Waals surface area (Å²) >= 11 is 0. The van der Waals surface area contributed by atoms with Gasteiger partial charge in [-0.1, -0.05) is 0 Å². The highest BCUT2D eigenvalue weighted by Crippen LogP contribution is 2.43. The van der Waals surface area contributed by atoms with E-state index >= 15 is 0 Å². The average Bonchev–Trinajstić information content (AvgIpc) is 3.14. The van der Waals surface area contributed by atoms with Gasteiger partial charge in [-0.25, -0.2) is 9.78 Å². The van der Waals surface area contributed by atoms with Crippen LogP contribution in [0.4, 0.5) is 0 Å². The fraction of sp³-hybridized carbons (Fsp3) is 0.467. The van der Waals surface area contributed by atoms with E-state index in [1.165, 1.54) is 0 Å². The van der Waals surface area contributed by atoms with Crippen molar-refractivity contribution in [2.24, 2.45) is 0 Å². The van der Waals surface area contributed by atoms with Crippen molar-refractivity contribution in [3.63, 3.8) is 0 Å². The molecule has 4 rings (SSSR count). The van der Waals surface area contributed by atoms with Gasteiger partial charge in [-0.3, -0.25) is 0 Å². The Balaban J connectivity index is 1.82. The summed E-state index contributed by atoms with van der Waals surface area (Å²) in [6.45, 7) is 1.58. The fourth-order valence-corrected chi connectivity index (χ4v) is 2.81. The molecular formula is C15H16N2O3. The van der Waals surface area contributed by atoms with Crippen LogP contribution in [0.25, 0.3) is 11.0 Å². The zero-order chi connectivity index (χ0) is 13.7.